The molecule has 2 saturated heterocycles. The van der Waals surface area contributed by atoms with Gasteiger partial charge in [0.05, 0.1) is 0 Å². The molecule has 3 rings (SSSR count). The van der Waals surface area contributed by atoms with Crippen molar-refractivity contribution in [3.63, 3.8) is 0 Å². The molecule has 0 bridgehead atoms. The molecule has 0 N–H and O–H groups in total. The van der Waals surface area contributed by atoms with E-state index in [2.05, 4.69) is 61.0 Å². The molecule has 0 amide bonds. The number of likely N-dealkylation sites (tertiary alicyclic amines) is 2. The van der Waals surface area contributed by atoms with E-state index in [1.807, 2.05) is 0 Å². The SMILES string of the molecule is CCC(CC)[C@@H]1[C@H]2CN(C)C[C@H]2CN1Cc1ccccc1. The number of hydrogen-bond donors (Lipinski definition) is 0. The first-order chi connectivity index (χ1) is 10.2. The third kappa shape index (κ3) is 3.02. The van der Waals surface area contributed by atoms with Crippen LogP contribution in [0.15, 0.2) is 30.3 Å². The van der Waals surface area contributed by atoms with E-state index in [0.717, 1.165) is 30.3 Å². The predicted octanol–water partition coefficient (Wildman–Crippen LogP) is 3.48. The fourth-order valence-electron chi connectivity index (χ4n) is 4.80. The summed E-state index contributed by atoms with van der Waals surface area (Å²) in [5.74, 6) is 2.64. The molecule has 0 aliphatic carbocycles. The van der Waals surface area contributed by atoms with Crippen molar-refractivity contribution >= 4 is 0 Å². The van der Waals surface area contributed by atoms with Gasteiger partial charge in [0.1, 0.15) is 0 Å². The first-order valence-corrected chi connectivity index (χ1v) is 8.69. The zero-order valence-electron chi connectivity index (χ0n) is 13.8. The number of nitrogens with zero attached hydrogens (tertiary/aromatic N) is 2. The Hall–Kier alpha value is -0.860. The second kappa shape index (κ2) is 6.50. The highest BCUT2D eigenvalue weighted by molar-refractivity contribution is 5.15. The molecule has 2 heterocycles. The number of rotatable bonds is 5. The lowest BCUT2D eigenvalue weighted by molar-refractivity contribution is 0.134. The average Bonchev–Trinajstić information content (AvgIpc) is 2.99. The van der Waals surface area contributed by atoms with Gasteiger partial charge in [-0.15, -0.1) is 0 Å². The molecule has 0 radical (unpaired) electrons. The van der Waals surface area contributed by atoms with Crippen LogP contribution >= 0.6 is 0 Å². The maximum Gasteiger partial charge on any atom is 0.0237 e. The molecule has 2 nitrogen and oxygen atoms in total. The van der Waals surface area contributed by atoms with E-state index in [9.17, 15) is 0 Å². The minimum Gasteiger partial charge on any atom is -0.306 e. The molecule has 3 atom stereocenters. The van der Waals surface area contributed by atoms with Crippen molar-refractivity contribution in [2.45, 2.75) is 39.3 Å². The van der Waals surface area contributed by atoms with Gasteiger partial charge in [-0.1, -0.05) is 57.0 Å². The third-order valence-corrected chi connectivity index (χ3v) is 5.76. The first kappa shape index (κ1) is 15.1. The second-order valence-electron chi connectivity index (χ2n) is 7.13. The molecule has 0 aromatic heterocycles. The van der Waals surface area contributed by atoms with E-state index in [4.69, 9.17) is 0 Å². The summed E-state index contributed by atoms with van der Waals surface area (Å²) in [5, 5.41) is 0. The molecule has 116 valence electrons. The third-order valence-electron chi connectivity index (χ3n) is 5.76. The standard InChI is InChI=1S/C19H30N2/c1-4-16(5-2)19-18-14-20(3)12-17(18)13-21(19)11-15-9-7-6-8-10-15/h6-10,16-19H,4-5,11-14H2,1-3H3/t17-,18-,19+/m0/s1. The summed E-state index contributed by atoms with van der Waals surface area (Å²) in [6.45, 7) is 9.79. The summed E-state index contributed by atoms with van der Waals surface area (Å²) in [6, 6.07) is 11.8. The van der Waals surface area contributed by atoms with Crippen molar-refractivity contribution in [2.75, 3.05) is 26.7 Å². The molecule has 1 aromatic rings. The summed E-state index contributed by atoms with van der Waals surface area (Å²) in [6.07, 6.45) is 2.64. The zero-order chi connectivity index (χ0) is 14.8. The largest absolute Gasteiger partial charge is 0.306 e. The van der Waals surface area contributed by atoms with Crippen LogP contribution < -0.4 is 0 Å². The van der Waals surface area contributed by atoms with Crippen LogP contribution in [-0.2, 0) is 6.54 Å². The average molecular weight is 286 g/mol. The molecule has 2 aliphatic rings. The van der Waals surface area contributed by atoms with E-state index in [-0.39, 0.29) is 0 Å². The maximum atomic E-state index is 2.80. The van der Waals surface area contributed by atoms with Gasteiger partial charge in [-0.3, -0.25) is 4.90 Å². The van der Waals surface area contributed by atoms with Gasteiger partial charge in [0.15, 0.2) is 0 Å². The number of benzene rings is 1. The summed E-state index contributed by atoms with van der Waals surface area (Å²) >= 11 is 0. The molecule has 1 aromatic carbocycles. The minimum absolute atomic E-state index is 0.787. The molecule has 2 aliphatic heterocycles. The Kier molecular flexibility index (Phi) is 4.66. The molecule has 21 heavy (non-hydrogen) atoms. The lowest BCUT2D eigenvalue weighted by atomic mass is 9.83. The predicted molar refractivity (Wildman–Crippen MR) is 89.2 cm³/mol. The Balaban J connectivity index is 1.78. The Bertz CT molecular complexity index is 440. The Labute approximate surface area is 130 Å². The van der Waals surface area contributed by atoms with E-state index in [1.54, 1.807) is 0 Å². The normalized spacial score (nSPS) is 30.2. The van der Waals surface area contributed by atoms with Gasteiger partial charge in [-0.05, 0) is 30.4 Å². The summed E-state index contributed by atoms with van der Waals surface area (Å²) in [5.41, 5.74) is 1.47. The smallest absolute Gasteiger partial charge is 0.0237 e. The van der Waals surface area contributed by atoms with Gasteiger partial charge in [-0.25, -0.2) is 0 Å². The highest BCUT2D eigenvalue weighted by Gasteiger charge is 2.47. The van der Waals surface area contributed by atoms with E-state index < -0.39 is 0 Å². The molecule has 2 fully saturated rings. The Morgan fingerprint density at radius 3 is 2.43 bits per heavy atom. The van der Waals surface area contributed by atoms with Crippen molar-refractivity contribution in [2.24, 2.45) is 17.8 Å². The van der Waals surface area contributed by atoms with Crippen LogP contribution in [0.2, 0.25) is 0 Å². The van der Waals surface area contributed by atoms with E-state index in [0.29, 0.717) is 0 Å². The fraction of sp³-hybridized carbons (Fsp3) is 0.684. The molecular weight excluding hydrogens is 256 g/mol. The van der Waals surface area contributed by atoms with Crippen LogP contribution in [0.4, 0.5) is 0 Å². The zero-order valence-corrected chi connectivity index (χ0v) is 13.8. The van der Waals surface area contributed by atoms with Gasteiger partial charge >= 0.3 is 0 Å². The van der Waals surface area contributed by atoms with Crippen molar-refractivity contribution < 1.29 is 0 Å². The van der Waals surface area contributed by atoms with Crippen molar-refractivity contribution in [1.29, 1.82) is 0 Å². The second-order valence-corrected chi connectivity index (χ2v) is 7.13. The van der Waals surface area contributed by atoms with Crippen molar-refractivity contribution in [1.82, 2.24) is 9.80 Å². The highest BCUT2D eigenvalue weighted by Crippen LogP contribution is 2.41. The van der Waals surface area contributed by atoms with Gasteiger partial charge < -0.3 is 4.90 Å². The molecular formula is C19H30N2. The quantitative estimate of drug-likeness (QED) is 0.817. The maximum absolute atomic E-state index is 2.80. The summed E-state index contributed by atoms with van der Waals surface area (Å²) in [4.78, 5) is 5.35. The fourth-order valence-corrected chi connectivity index (χ4v) is 4.80. The van der Waals surface area contributed by atoms with E-state index in [1.165, 1.54) is 38.0 Å². The summed E-state index contributed by atoms with van der Waals surface area (Å²) in [7, 11) is 2.30. The lowest BCUT2D eigenvalue weighted by Gasteiger charge is -2.34. The first-order valence-electron chi connectivity index (χ1n) is 8.69. The van der Waals surface area contributed by atoms with Crippen LogP contribution in [-0.4, -0.2) is 42.5 Å². The Morgan fingerprint density at radius 1 is 1.05 bits per heavy atom. The molecule has 0 saturated carbocycles. The van der Waals surface area contributed by atoms with Crippen LogP contribution in [0.5, 0.6) is 0 Å². The van der Waals surface area contributed by atoms with Crippen molar-refractivity contribution in [3.8, 4) is 0 Å². The summed E-state index contributed by atoms with van der Waals surface area (Å²) < 4.78 is 0. The number of fused-ring (bicyclic) bond motifs is 1. The van der Waals surface area contributed by atoms with E-state index >= 15 is 0 Å². The molecule has 0 unspecified atom stereocenters. The topological polar surface area (TPSA) is 6.48 Å². The van der Waals surface area contributed by atoms with Gasteiger partial charge in [-0.2, -0.15) is 0 Å². The highest BCUT2D eigenvalue weighted by atomic mass is 15.2. The van der Waals surface area contributed by atoms with Gasteiger partial charge in [0, 0.05) is 32.2 Å². The van der Waals surface area contributed by atoms with Gasteiger partial charge in [0.2, 0.25) is 0 Å². The Morgan fingerprint density at radius 2 is 1.76 bits per heavy atom. The van der Waals surface area contributed by atoms with Crippen LogP contribution in [0, 0.1) is 17.8 Å². The van der Waals surface area contributed by atoms with Crippen molar-refractivity contribution in [3.05, 3.63) is 35.9 Å². The monoisotopic (exact) mass is 286 g/mol. The van der Waals surface area contributed by atoms with Crippen LogP contribution in [0.1, 0.15) is 32.3 Å². The molecule has 2 heteroatoms. The minimum atomic E-state index is 0.787. The lowest BCUT2D eigenvalue weighted by Crippen LogP contribution is -2.40. The van der Waals surface area contributed by atoms with Gasteiger partial charge in [0.25, 0.3) is 0 Å². The number of hydrogen-bond acceptors (Lipinski definition) is 2. The van der Waals surface area contributed by atoms with Crippen LogP contribution in [0.3, 0.4) is 0 Å². The molecule has 0 spiro atoms. The van der Waals surface area contributed by atoms with Crippen LogP contribution in [0.25, 0.3) is 0 Å².